The Hall–Kier alpha value is -1.36. The van der Waals surface area contributed by atoms with Crippen molar-refractivity contribution in [3.63, 3.8) is 0 Å². The van der Waals surface area contributed by atoms with E-state index in [4.69, 9.17) is 9.15 Å². The van der Waals surface area contributed by atoms with Gasteiger partial charge in [-0.15, -0.1) is 0 Å². The SMILES string of the molecule is CCCc1nc(C)c(C(=O)N2CC(C)(C)C2C2CCCO2)o1. The molecule has 2 aliphatic heterocycles. The van der Waals surface area contributed by atoms with Crippen LogP contribution in [0.3, 0.4) is 0 Å². The van der Waals surface area contributed by atoms with E-state index in [-0.39, 0.29) is 23.5 Å². The first-order chi connectivity index (χ1) is 10.4. The first-order valence-electron chi connectivity index (χ1n) is 8.33. The fourth-order valence-electron chi connectivity index (χ4n) is 3.80. The number of rotatable bonds is 4. The van der Waals surface area contributed by atoms with Crippen LogP contribution in [-0.2, 0) is 11.2 Å². The number of carbonyl (C=O) groups is 1. The third-order valence-corrected chi connectivity index (χ3v) is 4.79. The van der Waals surface area contributed by atoms with E-state index < -0.39 is 0 Å². The molecular formula is C17H26N2O3. The van der Waals surface area contributed by atoms with E-state index in [1.54, 1.807) is 0 Å². The molecule has 2 fully saturated rings. The van der Waals surface area contributed by atoms with Crippen LogP contribution in [0.15, 0.2) is 4.42 Å². The molecule has 2 aliphatic rings. The van der Waals surface area contributed by atoms with Gasteiger partial charge in [0.1, 0.15) is 0 Å². The highest BCUT2D eigenvalue weighted by Gasteiger charge is 2.53. The van der Waals surface area contributed by atoms with Crippen molar-refractivity contribution < 1.29 is 13.9 Å². The molecule has 1 aromatic rings. The van der Waals surface area contributed by atoms with Crippen molar-refractivity contribution in [1.82, 2.24) is 9.88 Å². The molecule has 122 valence electrons. The molecule has 22 heavy (non-hydrogen) atoms. The van der Waals surface area contributed by atoms with Gasteiger partial charge in [-0.3, -0.25) is 4.79 Å². The predicted octanol–water partition coefficient (Wildman–Crippen LogP) is 2.97. The largest absolute Gasteiger partial charge is 0.435 e. The van der Waals surface area contributed by atoms with Crippen molar-refractivity contribution in [3.8, 4) is 0 Å². The molecule has 0 radical (unpaired) electrons. The maximum atomic E-state index is 12.9. The van der Waals surface area contributed by atoms with Crippen molar-refractivity contribution >= 4 is 5.91 Å². The molecule has 3 heterocycles. The Bertz CT molecular complexity index is 558. The van der Waals surface area contributed by atoms with Crippen molar-refractivity contribution in [3.05, 3.63) is 17.3 Å². The number of oxazole rings is 1. The minimum absolute atomic E-state index is 0.0350. The second kappa shape index (κ2) is 5.69. The molecule has 3 rings (SSSR count). The zero-order valence-electron chi connectivity index (χ0n) is 14.0. The normalized spacial score (nSPS) is 27.0. The smallest absolute Gasteiger partial charge is 0.291 e. The van der Waals surface area contributed by atoms with E-state index >= 15 is 0 Å². The van der Waals surface area contributed by atoms with Crippen molar-refractivity contribution in [1.29, 1.82) is 0 Å². The maximum absolute atomic E-state index is 12.9. The highest BCUT2D eigenvalue weighted by Crippen LogP contribution is 2.43. The summed E-state index contributed by atoms with van der Waals surface area (Å²) in [5.74, 6) is 1.03. The van der Waals surface area contributed by atoms with E-state index in [1.807, 2.05) is 11.8 Å². The van der Waals surface area contributed by atoms with Crippen molar-refractivity contribution in [2.45, 2.75) is 65.5 Å². The second-order valence-electron chi connectivity index (χ2n) is 7.19. The lowest BCUT2D eigenvalue weighted by molar-refractivity contribution is -0.0970. The molecular weight excluding hydrogens is 280 g/mol. The average molecular weight is 306 g/mol. The van der Waals surface area contributed by atoms with Gasteiger partial charge in [-0.1, -0.05) is 20.8 Å². The lowest BCUT2D eigenvalue weighted by atomic mass is 9.71. The first kappa shape index (κ1) is 15.5. The summed E-state index contributed by atoms with van der Waals surface area (Å²) in [6.45, 7) is 9.90. The molecule has 0 aromatic carbocycles. The van der Waals surface area contributed by atoms with Crippen LogP contribution in [-0.4, -0.2) is 41.1 Å². The van der Waals surface area contributed by atoms with Crippen molar-refractivity contribution in [2.75, 3.05) is 13.2 Å². The fraction of sp³-hybridized carbons (Fsp3) is 0.765. The van der Waals surface area contributed by atoms with Gasteiger partial charge in [-0.2, -0.15) is 0 Å². The molecule has 1 amide bonds. The Kier molecular flexibility index (Phi) is 4.02. The van der Waals surface area contributed by atoms with Gasteiger partial charge < -0.3 is 14.1 Å². The van der Waals surface area contributed by atoms with Crippen molar-refractivity contribution in [2.24, 2.45) is 5.41 Å². The number of hydrogen-bond donors (Lipinski definition) is 0. The number of aromatic nitrogens is 1. The van der Waals surface area contributed by atoms with Crippen LogP contribution in [0.1, 0.15) is 62.2 Å². The third-order valence-electron chi connectivity index (χ3n) is 4.79. The molecule has 5 nitrogen and oxygen atoms in total. The zero-order chi connectivity index (χ0) is 15.9. The summed E-state index contributed by atoms with van der Waals surface area (Å²) in [5, 5.41) is 0. The molecule has 0 saturated carbocycles. The molecule has 0 N–H and O–H groups in total. The van der Waals surface area contributed by atoms with Gasteiger partial charge >= 0.3 is 0 Å². The zero-order valence-corrected chi connectivity index (χ0v) is 14.0. The predicted molar refractivity (Wildman–Crippen MR) is 82.8 cm³/mol. The van der Waals surface area contributed by atoms with Crippen LogP contribution in [0.4, 0.5) is 0 Å². The fourth-order valence-corrected chi connectivity index (χ4v) is 3.80. The number of likely N-dealkylation sites (tertiary alicyclic amines) is 1. The lowest BCUT2D eigenvalue weighted by Gasteiger charge is -2.56. The Morgan fingerprint density at radius 3 is 2.82 bits per heavy atom. The van der Waals surface area contributed by atoms with Gasteiger partial charge in [0, 0.05) is 25.0 Å². The number of aryl methyl sites for hydroxylation is 2. The summed E-state index contributed by atoms with van der Waals surface area (Å²) < 4.78 is 11.6. The van der Waals surface area contributed by atoms with Gasteiger partial charge in [0.05, 0.1) is 17.8 Å². The monoisotopic (exact) mass is 306 g/mol. The van der Waals surface area contributed by atoms with E-state index in [9.17, 15) is 4.79 Å². The Balaban J connectivity index is 1.79. The minimum Gasteiger partial charge on any atom is -0.435 e. The molecule has 5 heteroatoms. The van der Waals surface area contributed by atoms with Crippen LogP contribution in [0.5, 0.6) is 0 Å². The summed E-state index contributed by atoms with van der Waals surface area (Å²) in [7, 11) is 0. The van der Waals surface area contributed by atoms with E-state index in [0.717, 1.165) is 38.8 Å². The Morgan fingerprint density at radius 1 is 1.45 bits per heavy atom. The van der Waals surface area contributed by atoms with Crippen LogP contribution in [0.25, 0.3) is 0 Å². The van der Waals surface area contributed by atoms with E-state index in [2.05, 4.69) is 25.8 Å². The van der Waals surface area contributed by atoms with Gasteiger partial charge in [0.15, 0.2) is 5.89 Å². The summed E-state index contributed by atoms with van der Waals surface area (Å²) in [5.41, 5.74) is 0.800. The molecule has 1 aromatic heterocycles. The maximum Gasteiger partial charge on any atom is 0.291 e. The molecule has 0 bridgehead atoms. The average Bonchev–Trinajstić information content (AvgIpc) is 3.06. The minimum atomic E-state index is -0.0350. The standard InChI is InChI=1S/C17H26N2O3/c1-5-7-13-18-11(2)14(22-13)16(20)19-10-17(3,4)15(19)12-8-6-9-21-12/h12,15H,5-10H2,1-4H3. The molecule has 2 unspecified atom stereocenters. The molecule has 2 saturated heterocycles. The second-order valence-corrected chi connectivity index (χ2v) is 7.19. The van der Waals surface area contributed by atoms with Crippen LogP contribution in [0.2, 0.25) is 0 Å². The Labute approximate surface area is 132 Å². The lowest BCUT2D eigenvalue weighted by Crippen LogP contribution is -2.68. The van der Waals surface area contributed by atoms with Crippen LogP contribution >= 0.6 is 0 Å². The van der Waals surface area contributed by atoms with Gasteiger partial charge in [0.25, 0.3) is 5.91 Å². The summed E-state index contributed by atoms with van der Waals surface area (Å²) >= 11 is 0. The summed E-state index contributed by atoms with van der Waals surface area (Å²) in [6.07, 6.45) is 4.01. The number of amides is 1. The molecule has 0 aliphatic carbocycles. The van der Waals surface area contributed by atoms with Gasteiger partial charge in [-0.05, 0) is 26.2 Å². The summed E-state index contributed by atoms with van der Waals surface area (Å²) in [4.78, 5) is 19.1. The Morgan fingerprint density at radius 2 is 2.23 bits per heavy atom. The van der Waals surface area contributed by atoms with Gasteiger partial charge in [-0.25, -0.2) is 4.98 Å². The van der Waals surface area contributed by atoms with Crippen LogP contribution in [0, 0.1) is 12.3 Å². The molecule has 0 spiro atoms. The number of carbonyl (C=O) groups excluding carboxylic acids is 1. The summed E-state index contributed by atoms with van der Waals surface area (Å²) in [6, 6.07) is 0.140. The quantitative estimate of drug-likeness (QED) is 0.858. The number of hydrogen-bond acceptors (Lipinski definition) is 4. The highest BCUT2D eigenvalue weighted by molar-refractivity contribution is 5.93. The molecule has 2 atom stereocenters. The number of nitrogens with zero attached hydrogens (tertiary/aromatic N) is 2. The van der Waals surface area contributed by atoms with Crippen LogP contribution < -0.4 is 0 Å². The first-order valence-corrected chi connectivity index (χ1v) is 8.33. The van der Waals surface area contributed by atoms with E-state index in [1.165, 1.54) is 0 Å². The van der Waals surface area contributed by atoms with Gasteiger partial charge in [0.2, 0.25) is 5.76 Å². The highest BCUT2D eigenvalue weighted by atomic mass is 16.5. The van der Waals surface area contributed by atoms with E-state index in [0.29, 0.717) is 17.3 Å². The number of ether oxygens (including phenoxy) is 1. The third kappa shape index (κ3) is 2.56. The topological polar surface area (TPSA) is 55.6 Å².